The van der Waals surface area contributed by atoms with Crippen molar-refractivity contribution < 1.29 is 4.74 Å². The summed E-state index contributed by atoms with van der Waals surface area (Å²) in [4.78, 5) is 4.28. The SMILES string of the molecule is CNc1ccc(COc2ccc3c(c2)CCC3)cn1. The van der Waals surface area contributed by atoms with Crippen LogP contribution in [-0.4, -0.2) is 12.0 Å². The van der Waals surface area contributed by atoms with Gasteiger partial charge in [-0.25, -0.2) is 4.98 Å². The van der Waals surface area contributed by atoms with E-state index in [0.29, 0.717) is 6.61 Å². The number of ether oxygens (including phenoxy) is 1. The molecule has 0 aliphatic heterocycles. The monoisotopic (exact) mass is 254 g/mol. The molecule has 1 aliphatic carbocycles. The number of hydrogen-bond acceptors (Lipinski definition) is 3. The van der Waals surface area contributed by atoms with Crippen LogP contribution in [0.25, 0.3) is 0 Å². The van der Waals surface area contributed by atoms with Crippen LogP contribution in [0.15, 0.2) is 36.5 Å². The summed E-state index contributed by atoms with van der Waals surface area (Å²) < 4.78 is 5.83. The molecule has 1 N–H and O–H groups in total. The molecule has 3 heteroatoms. The summed E-state index contributed by atoms with van der Waals surface area (Å²) in [6.45, 7) is 0.565. The third-order valence-electron chi connectivity index (χ3n) is 3.56. The van der Waals surface area contributed by atoms with Crippen LogP contribution >= 0.6 is 0 Å². The first-order valence-electron chi connectivity index (χ1n) is 6.72. The molecule has 3 rings (SSSR count). The number of aromatic nitrogens is 1. The summed E-state index contributed by atoms with van der Waals surface area (Å²) in [7, 11) is 1.86. The largest absolute Gasteiger partial charge is 0.489 e. The second-order valence-corrected chi connectivity index (χ2v) is 4.87. The van der Waals surface area contributed by atoms with Crippen LogP contribution in [0.3, 0.4) is 0 Å². The van der Waals surface area contributed by atoms with Crippen LogP contribution in [0.2, 0.25) is 0 Å². The molecule has 0 atom stereocenters. The normalized spacial score (nSPS) is 13.1. The fourth-order valence-electron chi connectivity index (χ4n) is 2.46. The molecule has 0 unspecified atom stereocenters. The first-order chi connectivity index (χ1) is 9.35. The quantitative estimate of drug-likeness (QED) is 0.909. The number of fused-ring (bicyclic) bond motifs is 1. The Bertz CT molecular complexity index is 563. The number of pyridine rings is 1. The van der Waals surface area contributed by atoms with Gasteiger partial charge in [-0.1, -0.05) is 12.1 Å². The van der Waals surface area contributed by atoms with Crippen molar-refractivity contribution in [2.24, 2.45) is 0 Å². The molecule has 1 heterocycles. The van der Waals surface area contributed by atoms with Crippen molar-refractivity contribution in [2.45, 2.75) is 25.9 Å². The van der Waals surface area contributed by atoms with Gasteiger partial charge < -0.3 is 10.1 Å². The molecule has 1 aliphatic rings. The molecule has 0 amide bonds. The van der Waals surface area contributed by atoms with E-state index in [1.54, 1.807) is 0 Å². The van der Waals surface area contributed by atoms with Crippen molar-refractivity contribution in [3.63, 3.8) is 0 Å². The van der Waals surface area contributed by atoms with E-state index in [1.807, 2.05) is 25.4 Å². The topological polar surface area (TPSA) is 34.1 Å². The summed E-state index contributed by atoms with van der Waals surface area (Å²) in [5, 5.41) is 3.00. The molecule has 1 aromatic carbocycles. The van der Waals surface area contributed by atoms with Crippen LogP contribution < -0.4 is 10.1 Å². The molecular weight excluding hydrogens is 236 g/mol. The molecule has 0 fully saturated rings. The van der Waals surface area contributed by atoms with Gasteiger partial charge in [0.15, 0.2) is 0 Å². The van der Waals surface area contributed by atoms with E-state index in [1.165, 1.54) is 30.4 Å². The van der Waals surface area contributed by atoms with E-state index in [-0.39, 0.29) is 0 Å². The average Bonchev–Trinajstić information content (AvgIpc) is 2.93. The first kappa shape index (κ1) is 12.0. The fourth-order valence-corrected chi connectivity index (χ4v) is 2.46. The van der Waals surface area contributed by atoms with Crippen molar-refractivity contribution >= 4 is 5.82 Å². The second kappa shape index (κ2) is 5.31. The van der Waals surface area contributed by atoms with Gasteiger partial charge in [0.25, 0.3) is 0 Å². The van der Waals surface area contributed by atoms with E-state index >= 15 is 0 Å². The van der Waals surface area contributed by atoms with Crippen LogP contribution in [0.5, 0.6) is 5.75 Å². The maximum absolute atomic E-state index is 5.83. The van der Waals surface area contributed by atoms with Crippen molar-refractivity contribution in [3.8, 4) is 5.75 Å². The van der Waals surface area contributed by atoms with Gasteiger partial charge in [0.1, 0.15) is 18.2 Å². The minimum absolute atomic E-state index is 0.565. The van der Waals surface area contributed by atoms with Crippen LogP contribution in [-0.2, 0) is 19.4 Å². The lowest BCUT2D eigenvalue weighted by Gasteiger charge is -2.08. The second-order valence-electron chi connectivity index (χ2n) is 4.87. The molecule has 98 valence electrons. The Morgan fingerprint density at radius 2 is 2.05 bits per heavy atom. The van der Waals surface area contributed by atoms with E-state index < -0.39 is 0 Å². The minimum Gasteiger partial charge on any atom is -0.489 e. The van der Waals surface area contributed by atoms with Crippen molar-refractivity contribution in [1.82, 2.24) is 4.98 Å². The van der Waals surface area contributed by atoms with E-state index in [2.05, 4.69) is 28.5 Å². The van der Waals surface area contributed by atoms with Crippen molar-refractivity contribution in [3.05, 3.63) is 53.2 Å². The van der Waals surface area contributed by atoms with Crippen LogP contribution in [0, 0.1) is 0 Å². The summed E-state index contributed by atoms with van der Waals surface area (Å²) in [5.41, 5.74) is 4.01. The average molecular weight is 254 g/mol. The number of benzene rings is 1. The van der Waals surface area contributed by atoms with Crippen molar-refractivity contribution in [2.75, 3.05) is 12.4 Å². The molecule has 0 radical (unpaired) electrons. The maximum Gasteiger partial charge on any atom is 0.125 e. The lowest BCUT2D eigenvalue weighted by atomic mass is 10.1. The Morgan fingerprint density at radius 3 is 2.84 bits per heavy atom. The van der Waals surface area contributed by atoms with Gasteiger partial charge >= 0.3 is 0 Å². The lowest BCUT2D eigenvalue weighted by Crippen LogP contribution is -1.98. The number of anilines is 1. The molecular formula is C16H18N2O. The molecule has 0 saturated heterocycles. The Balaban J connectivity index is 1.65. The van der Waals surface area contributed by atoms with Gasteiger partial charge in [-0.05, 0) is 48.6 Å². The molecule has 0 spiro atoms. The van der Waals surface area contributed by atoms with Gasteiger partial charge in [0, 0.05) is 18.8 Å². The zero-order chi connectivity index (χ0) is 13.1. The number of rotatable bonds is 4. The Morgan fingerprint density at radius 1 is 1.16 bits per heavy atom. The number of nitrogens with zero attached hydrogens (tertiary/aromatic N) is 1. The summed E-state index contributed by atoms with van der Waals surface area (Å²) in [6, 6.07) is 10.4. The number of aryl methyl sites for hydroxylation is 2. The molecule has 2 aromatic rings. The number of hydrogen-bond donors (Lipinski definition) is 1. The van der Waals surface area contributed by atoms with Gasteiger partial charge in [0.05, 0.1) is 0 Å². The highest BCUT2D eigenvalue weighted by Crippen LogP contribution is 2.26. The highest BCUT2D eigenvalue weighted by atomic mass is 16.5. The molecule has 19 heavy (non-hydrogen) atoms. The molecule has 0 saturated carbocycles. The van der Waals surface area contributed by atoms with E-state index in [0.717, 1.165) is 17.1 Å². The van der Waals surface area contributed by atoms with Gasteiger partial charge in [-0.3, -0.25) is 0 Å². The smallest absolute Gasteiger partial charge is 0.125 e. The highest BCUT2D eigenvalue weighted by molar-refractivity contribution is 5.38. The summed E-state index contributed by atoms with van der Waals surface area (Å²) >= 11 is 0. The third kappa shape index (κ3) is 2.70. The summed E-state index contributed by atoms with van der Waals surface area (Å²) in [6.07, 6.45) is 5.52. The predicted molar refractivity (Wildman–Crippen MR) is 76.6 cm³/mol. The van der Waals surface area contributed by atoms with E-state index in [4.69, 9.17) is 4.74 Å². The fraction of sp³-hybridized carbons (Fsp3) is 0.312. The highest BCUT2D eigenvalue weighted by Gasteiger charge is 2.11. The molecule has 1 aromatic heterocycles. The molecule has 0 bridgehead atoms. The number of nitrogens with one attached hydrogen (secondary N) is 1. The summed E-state index contributed by atoms with van der Waals surface area (Å²) in [5.74, 6) is 1.83. The lowest BCUT2D eigenvalue weighted by molar-refractivity contribution is 0.305. The minimum atomic E-state index is 0.565. The van der Waals surface area contributed by atoms with Gasteiger partial charge in [-0.15, -0.1) is 0 Å². The molecule has 3 nitrogen and oxygen atoms in total. The zero-order valence-corrected chi connectivity index (χ0v) is 11.1. The van der Waals surface area contributed by atoms with Crippen LogP contribution in [0.1, 0.15) is 23.1 Å². The Hall–Kier alpha value is -2.03. The van der Waals surface area contributed by atoms with Crippen LogP contribution in [0.4, 0.5) is 5.82 Å². The van der Waals surface area contributed by atoms with Gasteiger partial charge in [-0.2, -0.15) is 0 Å². The third-order valence-corrected chi connectivity index (χ3v) is 3.56. The zero-order valence-electron chi connectivity index (χ0n) is 11.1. The van der Waals surface area contributed by atoms with Crippen molar-refractivity contribution in [1.29, 1.82) is 0 Å². The predicted octanol–water partition coefficient (Wildman–Crippen LogP) is 3.19. The standard InChI is InChI=1S/C16H18N2O/c1-17-16-8-5-12(10-18-16)11-19-15-7-6-13-3-2-4-14(13)9-15/h5-10H,2-4,11H2,1H3,(H,17,18). The maximum atomic E-state index is 5.83. The first-order valence-corrected chi connectivity index (χ1v) is 6.72. The van der Waals surface area contributed by atoms with Gasteiger partial charge in [0.2, 0.25) is 0 Å². The Labute approximate surface area is 113 Å². The van der Waals surface area contributed by atoms with E-state index in [9.17, 15) is 0 Å². The Kier molecular flexibility index (Phi) is 3.36.